The Bertz CT molecular complexity index is 1510. The minimum Gasteiger partial charge on any atom is -0.496 e. The summed E-state index contributed by atoms with van der Waals surface area (Å²) >= 11 is 10.4. The standard InChI is InChI=1S/C26H20BrClFN3O5S/c1-35-20-8-7-16(28)12-17(20)24-30-26(32-31-24)38-22(25(33)34)11-14-9-18(27)23(21(10-14)36-2)37-13-15-5-3-4-6-19(15)29/h3-12H,13H2,1-2H3,(H,33,34)(H,30,31,32)/b22-11-. The molecule has 0 aliphatic rings. The molecule has 196 valence electrons. The molecule has 1 aromatic heterocycles. The monoisotopic (exact) mass is 619 g/mol. The fourth-order valence-corrected chi connectivity index (χ4v) is 4.84. The van der Waals surface area contributed by atoms with Crippen LogP contribution in [0.15, 0.2) is 69.1 Å². The van der Waals surface area contributed by atoms with Gasteiger partial charge >= 0.3 is 5.97 Å². The van der Waals surface area contributed by atoms with E-state index in [2.05, 4.69) is 31.1 Å². The van der Waals surface area contributed by atoms with Crippen molar-refractivity contribution in [3.63, 3.8) is 0 Å². The summed E-state index contributed by atoms with van der Waals surface area (Å²) in [6.07, 6.45) is 1.46. The van der Waals surface area contributed by atoms with Crippen LogP contribution in [0, 0.1) is 5.82 Å². The number of rotatable bonds is 10. The molecule has 38 heavy (non-hydrogen) atoms. The molecule has 2 N–H and O–H groups in total. The number of carboxylic acids is 1. The van der Waals surface area contributed by atoms with Crippen molar-refractivity contribution in [1.29, 1.82) is 0 Å². The summed E-state index contributed by atoms with van der Waals surface area (Å²) in [6.45, 7) is -0.0162. The molecule has 0 atom stereocenters. The van der Waals surface area contributed by atoms with Crippen LogP contribution in [0.4, 0.5) is 4.39 Å². The second-order valence-electron chi connectivity index (χ2n) is 7.64. The quantitative estimate of drug-likeness (QED) is 0.147. The average molecular weight is 621 g/mol. The van der Waals surface area contributed by atoms with E-state index in [-0.39, 0.29) is 22.5 Å². The zero-order valence-corrected chi connectivity index (χ0v) is 23.2. The van der Waals surface area contributed by atoms with Crippen molar-refractivity contribution in [3.05, 3.63) is 85.9 Å². The third-order valence-electron chi connectivity index (χ3n) is 5.17. The van der Waals surface area contributed by atoms with Gasteiger partial charge in [0.25, 0.3) is 0 Å². The second-order valence-corrected chi connectivity index (χ2v) is 9.94. The predicted molar refractivity (Wildman–Crippen MR) is 146 cm³/mol. The Kier molecular flexibility index (Phi) is 8.93. The van der Waals surface area contributed by atoms with Crippen molar-refractivity contribution < 1.29 is 28.5 Å². The molecule has 0 fully saturated rings. The lowest BCUT2D eigenvalue weighted by molar-refractivity contribution is -0.131. The van der Waals surface area contributed by atoms with Gasteiger partial charge in [-0.3, -0.25) is 5.10 Å². The molecule has 8 nitrogen and oxygen atoms in total. The van der Waals surface area contributed by atoms with Gasteiger partial charge in [0.2, 0.25) is 5.16 Å². The number of H-pyrrole nitrogens is 1. The van der Waals surface area contributed by atoms with Crippen LogP contribution < -0.4 is 14.2 Å². The zero-order chi connectivity index (χ0) is 27.2. The lowest BCUT2D eigenvalue weighted by Crippen LogP contribution is -2.01. The van der Waals surface area contributed by atoms with Gasteiger partial charge in [0.05, 0.1) is 24.3 Å². The summed E-state index contributed by atoms with van der Waals surface area (Å²) in [5, 5.41) is 17.4. The minimum absolute atomic E-state index is 0.0162. The van der Waals surface area contributed by atoms with Crippen molar-refractivity contribution in [2.24, 2.45) is 0 Å². The van der Waals surface area contributed by atoms with E-state index in [1.165, 1.54) is 26.4 Å². The van der Waals surface area contributed by atoms with E-state index in [0.717, 1.165) is 11.8 Å². The third-order valence-corrected chi connectivity index (χ3v) is 6.87. The number of aromatic nitrogens is 3. The van der Waals surface area contributed by atoms with Crippen molar-refractivity contribution >= 4 is 51.3 Å². The maximum absolute atomic E-state index is 14.0. The molecule has 4 aromatic rings. The topological polar surface area (TPSA) is 107 Å². The molecule has 0 saturated carbocycles. The number of hydrogen-bond acceptors (Lipinski definition) is 7. The van der Waals surface area contributed by atoms with Gasteiger partial charge in [0, 0.05) is 10.6 Å². The number of aromatic amines is 1. The van der Waals surface area contributed by atoms with Gasteiger partial charge in [0.15, 0.2) is 17.3 Å². The van der Waals surface area contributed by atoms with E-state index < -0.39 is 5.97 Å². The maximum Gasteiger partial charge on any atom is 0.342 e. The smallest absolute Gasteiger partial charge is 0.342 e. The lowest BCUT2D eigenvalue weighted by atomic mass is 10.2. The number of thioether (sulfide) groups is 1. The van der Waals surface area contributed by atoms with Crippen LogP contribution in [-0.2, 0) is 11.4 Å². The normalized spacial score (nSPS) is 11.3. The van der Waals surface area contributed by atoms with Crippen LogP contribution in [0.2, 0.25) is 5.02 Å². The van der Waals surface area contributed by atoms with E-state index in [1.54, 1.807) is 48.5 Å². The molecule has 0 aliphatic heterocycles. The minimum atomic E-state index is -1.17. The largest absolute Gasteiger partial charge is 0.496 e. The molecule has 0 amide bonds. The molecule has 0 spiro atoms. The number of benzene rings is 3. The molecule has 0 radical (unpaired) electrons. The second kappa shape index (κ2) is 12.3. The molecule has 0 saturated heterocycles. The third kappa shape index (κ3) is 6.47. The van der Waals surface area contributed by atoms with Gasteiger partial charge in [-0.25, -0.2) is 14.2 Å². The SMILES string of the molecule is COc1ccc(Cl)cc1-c1nc(S/C(=C\c2cc(Br)c(OCc3ccccc3F)c(OC)c2)C(=O)O)n[nH]1. The van der Waals surface area contributed by atoms with E-state index in [0.29, 0.717) is 49.3 Å². The molecule has 0 unspecified atom stereocenters. The Morgan fingerprint density at radius 1 is 1.16 bits per heavy atom. The highest BCUT2D eigenvalue weighted by Crippen LogP contribution is 2.39. The zero-order valence-electron chi connectivity index (χ0n) is 20.0. The lowest BCUT2D eigenvalue weighted by Gasteiger charge is -2.14. The number of ether oxygens (including phenoxy) is 3. The average Bonchev–Trinajstić information content (AvgIpc) is 3.36. The fraction of sp³-hybridized carbons (Fsp3) is 0.115. The number of nitrogens with zero attached hydrogens (tertiary/aromatic N) is 2. The van der Waals surface area contributed by atoms with E-state index >= 15 is 0 Å². The number of methoxy groups -OCH3 is 2. The molecular weight excluding hydrogens is 601 g/mol. The number of carbonyl (C=O) groups is 1. The number of hydrogen-bond donors (Lipinski definition) is 2. The number of nitrogens with one attached hydrogen (secondary N) is 1. The highest BCUT2D eigenvalue weighted by molar-refractivity contribution is 9.10. The van der Waals surface area contributed by atoms with Gasteiger partial charge < -0.3 is 19.3 Å². The Hall–Kier alpha value is -3.54. The van der Waals surface area contributed by atoms with Crippen LogP contribution in [0.5, 0.6) is 17.2 Å². The number of carboxylic acid groups (broad SMARTS) is 1. The van der Waals surface area contributed by atoms with Crippen molar-refractivity contribution in [3.8, 4) is 28.6 Å². The van der Waals surface area contributed by atoms with Crippen molar-refractivity contribution in [1.82, 2.24) is 15.2 Å². The van der Waals surface area contributed by atoms with Crippen LogP contribution in [0.1, 0.15) is 11.1 Å². The Morgan fingerprint density at radius 3 is 2.63 bits per heavy atom. The van der Waals surface area contributed by atoms with Crippen LogP contribution in [0.3, 0.4) is 0 Å². The molecule has 0 bridgehead atoms. The van der Waals surface area contributed by atoms with Crippen LogP contribution in [-0.4, -0.2) is 40.5 Å². The highest BCUT2D eigenvalue weighted by atomic mass is 79.9. The summed E-state index contributed by atoms with van der Waals surface area (Å²) in [6, 6.07) is 14.6. The first-order valence-electron chi connectivity index (χ1n) is 10.9. The molecule has 0 aliphatic carbocycles. The molecule has 4 rings (SSSR count). The summed E-state index contributed by atoms with van der Waals surface area (Å²) in [4.78, 5) is 16.4. The summed E-state index contributed by atoms with van der Waals surface area (Å²) in [5.74, 6) is 0.0463. The first-order valence-corrected chi connectivity index (χ1v) is 12.9. The van der Waals surface area contributed by atoms with Gasteiger partial charge in [-0.2, -0.15) is 0 Å². The summed E-state index contributed by atoms with van der Waals surface area (Å²) in [7, 11) is 2.98. The fourth-order valence-electron chi connectivity index (χ4n) is 3.39. The predicted octanol–water partition coefficient (Wildman–Crippen LogP) is 6.84. The summed E-state index contributed by atoms with van der Waals surface area (Å²) < 4.78 is 31.1. The van der Waals surface area contributed by atoms with E-state index in [1.807, 2.05) is 0 Å². The Morgan fingerprint density at radius 2 is 1.92 bits per heavy atom. The van der Waals surface area contributed by atoms with Crippen molar-refractivity contribution in [2.45, 2.75) is 11.8 Å². The van der Waals surface area contributed by atoms with Gasteiger partial charge in [-0.15, -0.1) is 5.10 Å². The highest BCUT2D eigenvalue weighted by Gasteiger charge is 2.18. The molecular formula is C26H20BrClFN3O5S. The maximum atomic E-state index is 14.0. The number of halogens is 3. The molecule has 12 heteroatoms. The van der Waals surface area contributed by atoms with Crippen LogP contribution >= 0.6 is 39.3 Å². The van der Waals surface area contributed by atoms with Crippen LogP contribution in [0.25, 0.3) is 17.5 Å². The Labute approximate surface area is 234 Å². The van der Waals surface area contributed by atoms with Gasteiger partial charge in [0.1, 0.15) is 23.1 Å². The van der Waals surface area contributed by atoms with E-state index in [9.17, 15) is 14.3 Å². The first-order chi connectivity index (χ1) is 18.3. The van der Waals surface area contributed by atoms with Crippen molar-refractivity contribution in [2.75, 3.05) is 14.2 Å². The van der Waals surface area contributed by atoms with Gasteiger partial charge in [-0.1, -0.05) is 29.8 Å². The number of aliphatic carboxylic acids is 1. The first kappa shape index (κ1) is 27.5. The molecule has 1 heterocycles. The van der Waals surface area contributed by atoms with E-state index in [4.69, 9.17) is 25.8 Å². The van der Waals surface area contributed by atoms with Gasteiger partial charge in [-0.05, 0) is 75.7 Å². The molecule has 3 aromatic carbocycles. The summed E-state index contributed by atoms with van der Waals surface area (Å²) in [5.41, 5.74) is 1.49. The Balaban J connectivity index is 1.58.